The Morgan fingerprint density at radius 3 is 2.28 bits per heavy atom. The van der Waals surface area contributed by atoms with Crippen molar-refractivity contribution in [2.45, 2.75) is 20.4 Å². The van der Waals surface area contributed by atoms with Crippen LogP contribution in [0.3, 0.4) is 0 Å². The molecule has 0 radical (unpaired) electrons. The van der Waals surface area contributed by atoms with Gasteiger partial charge in [-0.2, -0.15) is 0 Å². The van der Waals surface area contributed by atoms with Crippen LogP contribution in [0, 0.1) is 25.5 Å². The molecule has 0 unspecified atom stereocenters. The van der Waals surface area contributed by atoms with Gasteiger partial charge in [-0.3, -0.25) is 0 Å². The van der Waals surface area contributed by atoms with Gasteiger partial charge < -0.3 is 5.32 Å². The minimum absolute atomic E-state index is 0.193. The molecule has 0 saturated heterocycles. The molecule has 0 atom stereocenters. The van der Waals surface area contributed by atoms with Crippen molar-refractivity contribution in [3.8, 4) is 0 Å². The van der Waals surface area contributed by atoms with E-state index in [2.05, 4.69) is 5.32 Å². The Bertz CT molecular complexity index is 547. The molecular weight excluding hydrogens is 232 g/mol. The first-order valence-electron chi connectivity index (χ1n) is 5.81. The summed E-state index contributed by atoms with van der Waals surface area (Å²) in [4.78, 5) is 0. The van der Waals surface area contributed by atoms with Crippen molar-refractivity contribution >= 4 is 5.69 Å². The molecule has 1 N–H and O–H groups in total. The van der Waals surface area contributed by atoms with Gasteiger partial charge in [0.15, 0.2) is 0 Å². The predicted octanol–water partition coefficient (Wildman–Crippen LogP) is 4.19. The van der Waals surface area contributed by atoms with Crippen LogP contribution in [-0.4, -0.2) is 0 Å². The molecule has 0 aliphatic rings. The molecule has 0 aliphatic heterocycles. The molecule has 18 heavy (non-hydrogen) atoms. The molecule has 0 saturated carbocycles. The van der Waals surface area contributed by atoms with E-state index in [1.807, 2.05) is 31.2 Å². The topological polar surface area (TPSA) is 12.0 Å². The van der Waals surface area contributed by atoms with Gasteiger partial charge in [0.25, 0.3) is 0 Å². The third-order valence-corrected chi connectivity index (χ3v) is 2.85. The lowest BCUT2D eigenvalue weighted by Crippen LogP contribution is -2.02. The van der Waals surface area contributed by atoms with Crippen molar-refractivity contribution in [3.05, 3.63) is 64.7 Å². The van der Waals surface area contributed by atoms with Gasteiger partial charge in [-0.05, 0) is 31.0 Å². The second kappa shape index (κ2) is 5.17. The predicted molar refractivity (Wildman–Crippen MR) is 69.6 cm³/mol. The molecule has 0 bridgehead atoms. The van der Waals surface area contributed by atoms with E-state index in [1.54, 1.807) is 6.92 Å². The van der Waals surface area contributed by atoms with Crippen molar-refractivity contribution < 1.29 is 8.78 Å². The first kappa shape index (κ1) is 12.6. The molecule has 0 fully saturated rings. The van der Waals surface area contributed by atoms with Crippen molar-refractivity contribution in [2.75, 3.05) is 5.32 Å². The van der Waals surface area contributed by atoms with Gasteiger partial charge in [0.2, 0.25) is 0 Å². The van der Waals surface area contributed by atoms with Crippen LogP contribution >= 0.6 is 0 Å². The zero-order valence-corrected chi connectivity index (χ0v) is 10.4. The lowest BCUT2D eigenvalue weighted by molar-refractivity contribution is 0.594. The largest absolute Gasteiger partial charge is 0.379 e. The summed E-state index contributed by atoms with van der Waals surface area (Å²) < 4.78 is 26.9. The van der Waals surface area contributed by atoms with Crippen LogP contribution in [0.15, 0.2) is 36.4 Å². The van der Waals surface area contributed by atoms with E-state index >= 15 is 0 Å². The molecule has 0 heterocycles. The van der Waals surface area contributed by atoms with Crippen LogP contribution in [0.2, 0.25) is 0 Å². The Labute approximate surface area is 105 Å². The molecule has 0 aliphatic carbocycles. The Morgan fingerprint density at radius 1 is 0.944 bits per heavy atom. The number of anilines is 1. The van der Waals surface area contributed by atoms with Gasteiger partial charge >= 0.3 is 0 Å². The first-order chi connectivity index (χ1) is 8.56. The number of hydrogen-bond donors (Lipinski definition) is 1. The zero-order chi connectivity index (χ0) is 13.1. The molecule has 0 aromatic heterocycles. The summed E-state index contributed by atoms with van der Waals surface area (Å²) in [5.41, 5.74) is 2.71. The summed E-state index contributed by atoms with van der Waals surface area (Å²) in [6.45, 7) is 4.02. The molecule has 2 aromatic carbocycles. The Hall–Kier alpha value is -1.90. The SMILES string of the molecule is Cc1ccc(CNc2cc(F)c(C)cc2F)cc1. The van der Waals surface area contributed by atoms with Gasteiger partial charge in [0, 0.05) is 12.6 Å². The molecule has 94 valence electrons. The van der Waals surface area contributed by atoms with Gasteiger partial charge in [0.1, 0.15) is 11.6 Å². The van der Waals surface area contributed by atoms with Gasteiger partial charge in [-0.25, -0.2) is 8.78 Å². The number of nitrogens with one attached hydrogen (secondary N) is 1. The van der Waals surface area contributed by atoms with Crippen LogP contribution in [0.4, 0.5) is 14.5 Å². The zero-order valence-electron chi connectivity index (χ0n) is 10.4. The first-order valence-corrected chi connectivity index (χ1v) is 5.81. The van der Waals surface area contributed by atoms with Crippen LogP contribution in [0.1, 0.15) is 16.7 Å². The third-order valence-electron chi connectivity index (χ3n) is 2.85. The second-order valence-electron chi connectivity index (χ2n) is 4.42. The second-order valence-corrected chi connectivity index (χ2v) is 4.42. The highest BCUT2D eigenvalue weighted by molar-refractivity contribution is 5.47. The number of rotatable bonds is 3. The maximum absolute atomic E-state index is 13.6. The molecule has 0 spiro atoms. The quantitative estimate of drug-likeness (QED) is 0.857. The Kier molecular flexibility index (Phi) is 3.60. The van der Waals surface area contributed by atoms with E-state index < -0.39 is 11.6 Å². The number of halogens is 2. The summed E-state index contributed by atoms with van der Waals surface area (Å²) in [7, 11) is 0. The lowest BCUT2D eigenvalue weighted by atomic mass is 10.1. The fourth-order valence-electron chi connectivity index (χ4n) is 1.68. The number of benzene rings is 2. The molecule has 3 heteroatoms. The van der Waals surface area contributed by atoms with Gasteiger partial charge in [-0.1, -0.05) is 29.8 Å². The fourth-order valence-corrected chi connectivity index (χ4v) is 1.68. The highest BCUT2D eigenvalue weighted by atomic mass is 19.1. The molecule has 2 aromatic rings. The van der Waals surface area contributed by atoms with E-state index in [4.69, 9.17) is 0 Å². The van der Waals surface area contributed by atoms with Crippen molar-refractivity contribution in [1.82, 2.24) is 0 Å². The van der Waals surface area contributed by atoms with Crippen LogP contribution in [-0.2, 0) is 6.54 Å². The maximum atomic E-state index is 13.6. The average Bonchev–Trinajstić information content (AvgIpc) is 2.34. The van der Waals surface area contributed by atoms with Crippen molar-refractivity contribution in [3.63, 3.8) is 0 Å². The Balaban J connectivity index is 2.10. The highest BCUT2D eigenvalue weighted by Gasteiger charge is 2.06. The van der Waals surface area contributed by atoms with Crippen LogP contribution < -0.4 is 5.32 Å². The van der Waals surface area contributed by atoms with Crippen LogP contribution in [0.5, 0.6) is 0 Å². The van der Waals surface area contributed by atoms with E-state index in [-0.39, 0.29) is 5.69 Å². The molecule has 2 rings (SSSR count). The molecule has 1 nitrogen and oxygen atoms in total. The monoisotopic (exact) mass is 247 g/mol. The summed E-state index contributed by atoms with van der Waals surface area (Å²) in [5.74, 6) is -0.830. The highest BCUT2D eigenvalue weighted by Crippen LogP contribution is 2.19. The minimum Gasteiger partial charge on any atom is -0.379 e. The summed E-state index contributed by atoms with van der Waals surface area (Å²) >= 11 is 0. The third kappa shape index (κ3) is 2.86. The summed E-state index contributed by atoms with van der Waals surface area (Å²) in [6.07, 6.45) is 0. The maximum Gasteiger partial charge on any atom is 0.146 e. The van der Waals surface area contributed by atoms with Gasteiger partial charge in [0.05, 0.1) is 5.69 Å². The fraction of sp³-hybridized carbons (Fsp3) is 0.200. The summed E-state index contributed by atoms with van der Waals surface area (Å²) in [6, 6.07) is 10.3. The number of aryl methyl sites for hydroxylation is 2. The van der Waals surface area contributed by atoms with Crippen molar-refractivity contribution in [2.24, 2.45) is 0 Å². The Morgan fingerprint density at radius 2 is 1.61 bits per heavy atom. The smallest absolute Gasteiger partial charge is 0.146 e. The van der Waals surface area contributed by atoms with E-state index in [9.17, 15) is 8.78 Å². The van der Waals surface area contributed by atoms with E-state index in [1.165, 1.54) is 17.7 Å². The van der Waals surface area contributed by atoms with Crippen LogP contribution in [0.25, 0.3) is 0 Å². The molecular formula is C15H15F2N. The number of hydrogen-bond acceptors (Lipinski definition) is 1. The molecule has 0 amide bonds. The normalized spacial score (nSPS) is 10.4. The van der Waals surface area contributed by atoms with E-state index in [0.29, 0.717) is 12.1 Å². The standard InChI is InChI=1S/C15H15F2N/c1-10-3-5-12(6-4-10)9-18-15-8-13(16)11(2)7-14(15)17/h3-8,18H,9H2,1-2H3. The van der Waals surface area contributed by atoms with E-state index in [0.717, 1.165) is 5.56 Å². The minimum atomic E-state index is -0.430. The summed E-state index contributed by atoms with van der Waals surface area (Å²) in [5, 5.41) is 2.90. The van der Waals surface area contributed by atoms with Gasteiger partial charge in [-0.15, -0.1) is 0 Å². The van der Waals surface area contributed by atoms with Crippen molar-refractivity contribution in [1.29, 1.82) is 0 Å². The average molecular weight is 247 g/mol. The lowest BCUT2D eigenvalue weighted by Gasteiger charge is -2.09.